The van der Waals surface area contributed by atoms with Crippen molar-refractivity contribution in [2.45, 2.75) is 13.8 Å². The highest BCUT2D eigenvalue weighted by Gasteiger charge is 2.25. The zero-order valence-corrected chi connectivity index (χ0v) is 16.1. The van der Waals surface area contributed by atoms with Gasteiger partial charge in [0.2, 0.25) is 0 Å². The van der Waals surface area contributed by atoms with Gasteiger partial charge in [0.05, 0.1) is 5.56 Å². The number of pyridine rings is 1. The highest BCUT2D eigenvalue weighted by atomic mass is 19.1. The molecule has 1 fully saturated rings. The third-order valence-corrected chi connectivity index (χ3v) is 5.34. The second-order valence-electron chi connectivity index (χ2n) is 7.08. The topological polar surface area (TPSA) is 41.4 Å². The number of carbonyl (C=O) groups is 1. The molecule has 1 aromatic carbocycles. The number of hydrogen-bond acceptors (Lipinski definition) is 3. The lowest BCUT2D eigenvalue weighted by atomic mass is 10.2. The van der Waals surface area contributed by atoms with E-state index >= 15 is 0 Å². The van der Waals surface area contributed by atoms with Crippen molar-refractivity contribution < 1.29 is 9.18 Å². The van der Waals surface area contributed by atoms with Gasteiger partial charge >= 0.3 is 0 Å². The molecule has 1 aliphatic heterocycles. The molecule has 0 radical (unpaired) electrons. The third kappa shape index (κ3) is 3.38. The van der Waals surface area contributed by atoms with Crippen LogP contribution in [-0.2, 0) is 0 Å². The van der Waals surface area contributed by atoms with Crippen molar-refractivity contribution in [3.63, 3.8) is 0 Å². The normalized spacial score (nSPS) is 14.4. The predicted molar refractivity (Wildman–Crippen MR) is 108 cm³/mol. The van der Waals surface area contributed by atoms with Crippen LogP contribution < -0.4 is 4.90 Å². The molecule has 3 aromatic rings. The zero-order chi connectivity index (χ0) is 19.7. The van der Waals surface area contributed by atoms with Crippen LogP contribution in [-0.4, -0.2) is 46.5 Å². The van der Waals surface area contributed by atoms with Gasteiger partial charge in [-0.3, -0.25) is 9.78 Å². The fourth-order valence-electron chi connectivity index (χ4n) is 3.86. The number of carbonyl (C=O) groups excluding carboxylic acids is 1. The van der Waals surface area contributed by atoms with Crippen LogP contribution in [0, 0.1) is 19.7 Å². The summed E-state index contributed by atoms with van der Waals surface area (Å²) in [6.45, 7) is 6.87. The van der Waals surface area contributed by atoms with E-state index in [2.05, 4.69) is 9.88 Å². The van der Waals surface area contributed by atoms with E-state index in [-0.39, 0.29) is 11.7 Å². The van der Waals surface area contributed by atoms with Crippen molar-refractivity contribution in [1.82, 2.24) is 14.5 Å². The molecule has 2 aromatic heterocycles. The standard InChI is InChI=1S/C22H23FN4O/c1-16-15-21(17(2)27(16)20-5-3-18(23)4-6-20)22(28)26-13-11-25(12-14-26)19-7-9-24-10-8-19/h3-10,15H,11-14H2,1-2H3. The van der Waals surface area contributed by atoms with Crippen LogP contribution in [0.5, 0.6) is 0 Å². The van der Waals surface area contributed by atoms with Gasteiger partial charge in [0.25, 0.3) is 5.91 Å². The maximum atomic E-state index is 13.3. The van der Waals surface area contributed by atoms with E-state index in [1.165, 1.54) is 12.1 Å². The summed E-state index contributed by atoms with van der Waals surface area (Å²) in [4.78, 5) is 21.4. The van der Waals surface area contributed by atoms with Crippen LogP contribution >= 0.6 is 0 Å². The number of hydrogen-bond donors (Lipinski definition) is 0. The first-order valence-electron chi connectivity index (χ1n) is 9.44. The highest BCUT2D eigenvalue weighted by Crippen LogP contribution is 2.23. The van der Waals surface area contributed by atoms with Crippen LogP contribution in [0.3, 0.4) is 0 Å². The van der Waals surface area contributed by atoms with Crippen LogP contribution in [0.2, 0.25) is 0 Å². The molecule has 144 valence electrons. The van der Waals surface area contributed by atoms with Gasteiger partial charge in [-0.25, -0.2) is 4.39 Å². The van der Waals surface area contributed by atoms with Gasteiger partial charge in [-0.1, -0.05) is 0 Å². The van der Waals surface area contributed by atoms with Crippen molar-refractivity contribution in [2.75, 3.05) is 31.1 Å². The zero-order valence-electron chi connectivity index (χ0n) is 16.1. The summed E-state index contributed by atoms with van der Waals surface area (Å²) in [5, 5.41) is 0. The fraction of sp³-hybridized carbons (Fsp3) is 0.273. The van der Waals surface area contributed by atoms with Crippen LogP contribution in [0.1, 0.15) is 21.7 Å². The maximum absolute atomic E-state index is 13.3. The Morgan fingerprint density at radius 3 is 2.21 bits per heavy atom. The quantitative estimate of drug-likeness (QED) is 0.699. The van der Waals surface area contributed by atoms with Crippen molar-refractivity contribution in [3.8, 4) is 5.69 Å². The second kappa shape index (κ2) is 7.46. The van der Waals surface area contributed by atoms with Crippen LogP contribution in [0.25, 0.3) is 5.69 Å². The summed E-state index contributed by atoms with van der Waals surface area (Å²) in [5.41, 5.74) is 4.54. The summed E-state index contributed by atoms with van der Waals surface area (Å²) >= 11 is 0. The summed E-state index contributed by atoms with van der Waals surface area (Å²) < 4.78 is 15.3. The SMILES string of the molecule is Cc1cc(C(=O)N2CCN(c3ccncc3)CC2)c(C)n1-c1ccc(F)cc1. The van der Waals surface area contributed by atoms with E-state index in [9.17, 15) is 9.18 Å². The first-order chi connectivity index (χ1) is 13.5. The number of amides is 1. The van der Waals surface area contributed by atoms with Gasteiger partial charge in [0, 0.05) is 61.3 Å². The molecule has 0 atom stereocenters. The van der Waals surface area contributed by atoms with Crippen LogP contribution in [0.4, 0.5) is 10.1 Å². The number of benzene rings is 1. The van der Waals surface area contributed by atoms with Crippen molar-refractivity contribution in [1.29, 1.82) is 0 Å². The van der Waals surface area contributed by atoms with E-state index < -0.39 is 0 Å². The Balaban J connectivity index is 1.52. The van der Waals surface area contributed by atoms with Crippen LogP contribution in [0.15, 0.2) is 54.9 Å². The smallest absolute Gasteiger partial charge is 0.255 e. The summed E-state index contributed by atoms with van der Waals surface area (Å²) in [7, 11) is 0. The minimum Gasteiger partial charge on any atom is -0.368 e. The minimum atomic E-state index is -0.269. The molecule has 0 spiro atoms. The lowest BCUT2D eigenvalue weighted by Crippen LogP contribution is -2.48. The Morgan fingerprint density at radius 2 is 1.57 bits per heavy atom. The second-order valence-corrected chi connectivity index (χ2v) is 7.08. The van der Waals surface area contributed by atoms with Gasteiger partial charge in [-0.15, -0.1) is 0 Å². The van der Waals surface area contributed by atoms with E-state index in [1.807, 2.05) is 41.5 Å². The van der Waals surface area contributed by atoms with E-state index in [0.717, 1.165) is 35.9 Å². The largest absolute Gasteiger partial charge is 0.368 e. The lowest BCUT2D eigenvalue weighted by molar-refractivity contribution is 0.0746. The molecule has 1 amide bonds. The maximum Gasteiger partial charge on any atom is 0.255 e. The molecule has 3 heterocycles. The molecular weight excluding hydrogens is 355 g/mol. The Labute approximate surface area is 164 Å². The molecule has 1 aliphatic rings. The van der Waals surface area contributed by atoms with Gasteiger partial charge in [-0.05, 0) is 56.3 Å². The van der Waals surface area contributed by atoms with Gasteiger partial charge in [0.1, 0.15) is 5.82 Å². The molecule has 0 aliphatic carbocycles. The average Bonchev–Trinajstić information content (AvgIpc) is 3.03. The molecule has 0 unspecified atom stereocenters. The Hall–Kier alpha value is -3.15. The van der Waals surface area contributed by atoms with Gasteiger partial charge in [-0.2, -0.15) is 0 Å². The Morgan fingerprint density at radius 1 is 0.929 bits per heavy atom. The van der Waals surface area contributed by atoms with Gasteiger partial charge in [0.15, 0.2) is 0 Å². The minimum absolute atomic E-state index is 0.0517. The van der Waals surface area contributed by atoms with E-state index in [0.29, 0.717) is 18.7 Å². The Bertz CT molecular complexity index is 974. The highest BCUT2D eigenvalue weighted by molar-refractivity contribution is 5.96. The molecule has 1 saturated heterocycles. The Kier molecular flexibility index (Phi) is 4.86. The molecule has 0 N–H and O–H groups in total. The molecular formula is C22H23FN4O. The predicted octanol–water partition coefficient (Wildman–Crippen LogP) is 3.59. The molecule has 0 saturated carbocycles. The first kappa shape index (κ1) is 18.2. The van der Waals surface area contributed by atoms with Crippen molar-refractivity contribution in [3.05, 3.63) is 77.6 Å². The summed E-state index contributed by atoms with van der Waals surface area (Å²) in [5.74, 6) is -0.217. The van der Waals surface area contributed by atoms with Crippen molar-refractivity contribution >= 4 is 11.6 Å². The molecule has 0 bridgehead atoms. The third-order valence-electron chi connectivity index (χ3n) is 5.34. The monoisotopic (exact) mass is 378 g/mol. The number of piperazine rings is 1. The number of rotatable bonds is 3. The molecule has 6 heteroatoms. The van der Waals surface area contributed by atoms with E-state index in [1.54, 1.807) is 24.5 Å². The fourth-order valence-corrected chi connectivity index (χ4v) is 3.86. The van der Waals surface area contributed by atoms with Gasteiger partial charge < -0.3 is 14.4 Å². The summed E-state index contributed by atoms with van der Waals surface area (Å²) in [6, 6.07) is 12.3. The average molecular weight is 378 g/mol. The number of anilines is 1. The lowest BCUT2D eigenvalue weighted by Gasteiger charge is -2.36. The van der Waals surface area contributed by atoms with Crippen molar-refractivity contribution in [2.24, 2.45) is 0 Å². The molecule has 5 nitrogen and oxygen atoms in total. The van der Waals surface area contributed by atoms with E-state index in [4.69, 9.17) is 0 Å². The molecule has 4 rings (SSSR count). The number of aryl methyl sites for hydroxylation is 1. The molecule has 28 heavy (non-hydrogen) atoms. The number of nitrogens with zero attached hydrogens (tertiary/aromatic N) is 4. The first-order valence-corrected chi connectivity index (χ1v) is 9.44. The summed E-state index contributed by atoms with van der Waals surface area (Å²) in [6.07, 6.45) is 3.58. The number of aromatic nitrogens is 2. The number of halogens is 1.